The number of nitrogens with one attached hydrogen (secondary N) is 1. The minimum atomic E-state index is -3.19. The SMILES string of the molecule is CS(=O)(=O)c1ccc(C(O)CNCCCCO)cc1. The molecule has 108 valence electrons. The molecule has 0 aliphatic heterocycles. The molecule has 0 saturated carbocycles. The summed E-state index contributed by atoms with van der Waals surface area (Å²) in [7, 11) is -3.19. The van der Waals surface area contributed by atoms with E-state index in [1.807, 2.05) is 0 Å². The first-order valence-corrected chi connectivity index (χ1v) is 8.14. The Labute approximate surface area is 114 Å². The molecule has 0 radical (unpaired) electrons. The lowest BCUT2D eigenvalue weighted by Gasteiger charge is -2.12. The first kappa shape index (κ1) is 16.1. The van der Waals surface area contributed by atoms with E-state index < -0.39 is 15.9 Å². The van der Waals surface area contributed by atoms with Crippen molar-refractivity contribution >= 4 is 9.84 Å². The minimum absolute atomic E-state index is 0.178. The van der Waals surface area contributed by atoms with Gasteiger partial charge in [0, 0.05) is 19.4 Å². The van der Waals surface area contributed by atoms with Crippen molar-refractivity contribution in [3.05, 3.63) is 29.8 Å². The van der Waals surface area contributed by atoms with E-state index in [2.05, 4.69) is 5.32 Å². The van der Waals surface area contributed by atoms with E-state index in [-0.39, 0.29) is 11.5 Å². The molecule has 0 aliphatic rings. The largest absolute Gasteiger partial charge is 0.396 e. The lowest BCUT2D eigenvalue weighted by Crippen LogP contribution is -2.22. The molecule has 0 aromatic heterocycles. The van der Waals surface area contributed by atoms with E-state index in [1.54, 1.807) is 12.1 Å². The molecule has 0 amide bonds. The third kappa shape index (κ3) is 5.69. The summed E-state index contributed by atoms with van der Waals surface area (Å²) in [4.78, 5) is 0.249. The smallest absolute Gasteiger partial charge is 0.175 e. The van der Waals surface area contributed by atoms with Gasteiger partial charge in [-0.3, -0.25) is 0 Å². The van der Waals surface area contributed by atoms with Gasteiger partial charge < -0.3 is 15.5 Å². The number of aliphatic hydroxyl groups is 2. The highest BCUT2D eigenvalue weighted by molar-refractivity contribution is 7.90. The van der Waals surface area contributed by atoms with Gasteiger partial charge in [-0.25, -0.2) is 8.42 Å². The predicted molar refractivity (Wildman–Crippen MR) is 73.7 cm³/mol. The van der Waals surface area contributed by atoms with Crippen LogP contribution < -0.4 is 5.32 Å². The Morgan fingerprint density at radius 1 is 1.21 bits per heavy atom. The number of hydrogen-bond donors (Lipinski definition) is 3. The second-order valence-corrected chi connectivity index (χ2v) is 6.51. The summed E-state index contributed by atoms with van der Waals surface area (Å²) in [6.45, 7) is 1.32. The van der Waals surface area contributed by atoms with Crippen molar-refractivity contribution in [2.75, 3.05) is 26.0 Å². The van der Waals surface area contributed by atoms with Gasteiger partial charge in [-0.1, -0.05) is 12.1 Å². The van der Waals surface area contributed by atoms with Crippen molar-refractivity contribution in [2.45, 2.75) is 23.8 Å². The van der Waals surface area contributed by atoms with E-state index >= 15 is 0 Å². The average molecular weight is 287 g/mol. The second kappa shape index (κ2) is 7.59. The lowest BCUT2D eigenvalue weighted by molar-refractivity contribution is 0.174. The van der Waals surface area contributed by atoms with E-state index in [9.17, 15) is 13.5 Å². The van der Waals surface area contributed by atoms with Gasteiger partial charge >= 0.3 is 0 Å². The van der Waals surface area contributed by atoms with Crippen LogP contribution in [0.3, 0.4) is 0 Å². The van der Waals surface area contributed by atoms with Gasteiger partial charge in [0.05, 0.1) is 11.0 Å². The Morgan fingerprint density at radius 3 is 2.37 bits per heavy atom. The normalized spacial score (nSPS) is 13.4. The molecule has 1 aromatic carbocycles. The maximum atomic E-state index is 11.3. The van der Waals surface area contributed by atoms with Gasteiger partial charge in [0.2, 0.25) is 0 Å². The summed E-state index contributed by atoms with van der Waals surface area (Å²) in [5.41, 5.74) is 0.682. The molecule has 0 heterocycles. The lowest BCUT2D eigenvalue weighted by atomic mass is 10.1. The number of benzene rings is 1. The van der Waals surface area contributed by atoms with Gasteiger partial charge in [0.1, 0.15) is 0 Å². The van der Waals surface area contributed by atoms with Crippen molar-refractivity contribution in [1.29, 1.82) is 0 Å². The van der Waals surface area contributed by atoms with Crippen LogP contribution in [0.5, 0.6) is 0 Å². The van der Waals surface area contributed by atoms with Crippen molar-refractivity contribution in [3.8, 4) is 0 Å². The minimum Gasteiger partial charge on any atom is -0.396 e. The molecule has 0 bridgehead atoms. The summed E-state index contributed by atoms with van der Waals surface area (Å²) in [5.74, 6) is 0. The molecular formula is C13H21NO4S. The van der Waals surface area contributed by atoms with Crippen molar-refractivity contribution in [3.63, 3.8) is 0 Å². The average Bonchev–Trinajstić information content (AvgIpc) is 2.37. The first-order chi connectivity index (χ1) is 8.95. The monoisotopic (exact) mass is 287 g/mol. The Balaban J connectivity index is 2.47. The topological polar surface area (TPSA) is 86.6 Å². The summed E-state index contributed by atoms with van der Waals surface area (Å²) in [5, 5.41) is 21.6. The van der Waals surface area contributed by atoms with Gasteiger partial charge in [0.25, 0.3) is 0 Å². The highest BCUT2D eigenvalue weighted by atomic mass is 32.2. The zero-order chi connectivity index (χ0) is 14.3. The van der Waals surface area contributed by atoms with Crippen LogP contribution in [0.1, 0.15) is 24.5 Å². The number of hydrogen-bond acceptors (Lipinski definition) is 5. The Kier molecular flexibility index (Phi) is 6.44. The predicted octanol–water partition coefficient (Wildman–Crippen LogP) is 0.486. The summed E-state index contributed by atoms with van der Waals surface area (Å²) in [6, 6.07) is 6.24. The van der Waals surface area contributed by atoms with E-state index in [0.29, 0.717) is 12.1 Å². The van der Waals surface area contributed by atoms with E-state index in [0.717, 1.165) is 25.6 Å². The van der Waals surface area contributed by atoms with Gasteiger partial charge in [-0.2, -0.15) is 0 Å². The van der Waals surface area contributed by atoms with Crippen LogP contribution in [-0.4, -0.2) is 44.6 Å². The summed E-state index contributed by atoms with van der Waals surface area (Å²) >= 11 is 0. The Hall–Kier alpha value is -0.950. The van der Waals surface area contributed by atoms with Gasteiger partial charge in [-0.15, -0.1) is 0 Å². The van der Waals surface area contributed by atoms with Crippen molar-refractivity contribution < 1.29 is 18.6 Å². The maximum absolute atomic E-state index is 11.3. The maximum Gasteiger partial charge on any atom is 0.175 e. The molecule has 6 heteroatoms. The fourth-order valence-corrected chi connectivity index (χ4v) is 2.29. The van der Waals surface area contributed by atoms with Crippen LogP contribution in [0.25, 0.3) is 0 Å². The second-order valence-electron chi connectivity index (χ2n) is 4.49. The molecular weight excluding hydrogens is 266 g/mol. The number of aliphatic hydroxyl groups excluding tert-OH is 2. The summed E-state index contributed by atoms with van der Waals surface area (Å²) < 4.78 is 22.6. The highest BCUT2D eigenvalue weighted by Gasteiger charge is 2.10. The Bertz CT molecular complexity index is 470. The molecule has 0 aliphatic carbocycles. The van der Waals surface area contributed by atoms with Gasteiger partial charge in [0.15, 0.2) is 9.84 Å². The van der Waals surface area contributed by atoms with Crippen molar-refractivity contribution in [1.82, 2.24) is 5.32 Å². The van der Waals surface area contributed by atoms with Crippen LogP contribution in [-0.2, 0) is 9.84 Å². The molecule has 1 rings (SSSR count). The third-order valence-corrected chi connectivity index (χ3v) is 3.92. The highest BCUT2D eigenvalue weighted by Crippen LogP contribution is 2.15. The third-order valence-electron chi connectivity index (χ3n) is 2.79. The number of sulfone groups is 1. The van der Waals surface area contributed by atoms with Crippen LogP contribution in [0.4, 0.5) is 0 Å². The standard InChI is InChI=1S/C13H21NO4S/c1-19(17,18)12-6-4-11(5-7-12)13(16)10-14-8-2-3-9-15/h4-7,13-16H,2-3,8-10H2,1H3. The van der Waals surface area contributed by atoms with Crippen LogP contribution in [0.15, 0.2) is 29.2 Å². The van der Waals surface area contributed by atoms with Crippen LogP contribution in [0, 0.1) is 0 Å². The van der Waals surface area contributed by atoms with Crippen LogP contribution >= 0.6 is 0 Å². The molecule has 3 N–H and O–H groups in total. The summed E-state index contributed by atoms with van der Waals surface area (Å²) in [6.07, 6.45) is 2.09. The molecule has 19 heavy (non-hydrogen) atoms. The molecule has 1 atom stereocenters. The quantitative estimate of drug-likeness (QED) is 0.606. The number of rotatable bonds is 8. The Morgan fingerprint density at radius 2 is 1.84 bits per heavy atom. The zero-order valence-corrected chi connectivity index (χ0v) is 11.9. The fourth-order valence-electron chi connectivity index (χ4n) is 1.66. The van der Waals surface area contributed by atoms with Crippen LogP contribution in [0.2, 0.25) is 0 Å². The molecule has 0 spiro atoms. The number of unbranched alkanes of at least 4 members (excludes halogenated alkanes) is 1. The molecule has 1 aromatic rings. The molecule has 1 unspecified atom stereocenters. The van der Waals surface area contributed by atoms with Crippen molar-refractivity contribution in [2.24, 2.45) is 0 Å². The molecule has 5 nitrogen and oxygen atoms in total. The fraction of sp³-hybridized carbons (Fsp3) is 0.538. The zero-order valence-electron chi connectivity index (χ0n) is 11.0. The van der Waals surface area contributed by atoms with E-state index in [4.69, 9.17) is 5.11 Å². The van der Waals surface area contributed by atoms with Gasteiger partial charge in [-0.05, 0) is 37.1 Å². The first-order valence-electron chi connectivity index (χ1n) is 6.25. The molecule has 0 saturated heterocycles. The molecule has 0 fully saturated rings. The van der Waals surface area contributed by atoms with E-state index in [1.165, 1.54) is 12.1 Å².